The van der Waals surface area contributed by atoms with Gasteiger partial charge in [0.05, 0.1) is 17.7 Å². The molecule has 0 radical (unpaired) electrons. The molecule has 0 aromatic carbocycles. The van der Waals surface area contributed by atoms with Gasteiger partial charge in [-0.1, -0.05) is 0 Å². The van der Waals surface area contributed by atoms with E-state index in [-0.39, 0.29) is 30.6 Å². The van der Waals surface area contributed by atoms with E-state index in [1.54, 1.807) is 41.8 Å². The Morgan fingerprint density at radius 2 is 2.00 bits per heavy atom. The van der Waals surface area contributed by atoms with Gasteiger partial charge in [-0.3, -0.25) is 19.6 Å². The molecule has 0 aliphatic carbocycles. The van der Waals surface area contributed by atoms with E-state index < -0.39 is 0 Å². The van der Waals surface area contributed by atoms with Crippen LogP contribution in [0.4, 0.5) is 0 Å². The second kappa shape index (κ2) is 6.60. The SMILES string of the molecule is O=C(c1cccnc1)N1CC2OCC(=O)N(Cc3ccncc3)C2C1. The van der Waals surface area contributed by atoms with E-state index in [0.717, 1.165) is 5.56 Å². The fourth-order valence-corrected chi connectivity index (χ4v) is 3.39. The van der Waals surface area contributed by atoms with Crippen LogP contribution in [0.5, 0.6) is 0 Å². The number of morpholine rings is 1. The number of pyridine rings is 2. The fourth-order valence-electron chi connectivity index (χ4n) is 3.39. The summed E-state index contributed by atoms with van der Waals surface area (Å²) in [7, 11) is 0. The van der Waals surface area contributed by atoms with Gasteiger partial charge in [-0.05, 0) is 29.8 Å². The Morgan fingerprint density at radius 3 is 2.76 bits per heavy atom. The van der Waals surface area contributed by atoms with Gasteiger partial charge in [-0.15, -0.1) is 0 Å². The zero-order valence-electron chi connectivity index (χ0n) is 13.6. The Morgan fingerprint density at radius 1 is 1.16 bits per heavy atom. The first-order chi connectivity index (χ1) is 12.2. The third kappa shape index (κ3) is 3.10. The first-order valence-electron chi connectivity index (χ1n) is 8.21. The predicted molar refractivity (Wildman–Crippen MR) is 88.5 cm³/mol. The number of ether oxygens (including phenoxy) is 1. The molecule has 128 valence electrons. The maximum absolute atomic E-state index is 12.7. The molecule has 2 fully saturated rings. The number of carbonyl (C=O) groups is 2. The first kappa shape index (κ1) is 15.7. The minimum absolute atomic E-state index is 0.0475. The van der Waals surface area contributed by atoms with E-state index in [1.807, 2.05) is 17.0 Å². The van der Waals surface area contributed by atoms with Gasteiger partial charge < -0.3 is 14.5 Å². The molecule has 7 nitrogen and oxygen atoms in total. The monoisotopic (exact) mass is 338 g/mol. The zero-order chi connectivity index (χ0) is 17.2. The van der Waals surface area contributed by atoms with Gasteiger partial charge in [0.15, 0.2) is 0 Å². The molecule has 2 unspecified atom stereocenters. The maximum atomic E-state index is 12.7. The summed E-state index contributed by atoms with van der Waals surface area (Å²) in [6.45, 7) is 1.51. The highest BCUT2D eigenvalue weighted by Gasteiger charge is 2.44. The molecule has 0 saturated carbocycles. The standard InChI is InChI=1S/C18H18N4O3/c23-17-12-25-16-11-21(18(24)14-2-1-5-20-8-14)10-15(16)22(17)9-13-3-6-19-7-4-13/h1-8,15-16H,9-12H2. The van der Waals surface area contributed by atoms with E-state index in [4.69, 9.17) is 4.74 Å². The number of likely N-dealkylation sites (tertiary alicyclic amines) is 1. The van der Waals surface area contributed by atoms with Crippen molar-refractivity contribution in [2.24, 2.45) is 0 Å². The molecular formula is C18H18N4O3. The van der Waals surface area contributed by atoms with Gasteiger partial charge in [0.1, 0.15) is 6.61 Å². The Bertz CT molecular complexity index is 768. The number of fused-ring (bicyclic) bond motifs is 1. The first-order valence-corrected chi connectivity index (χ1v) is 8.21. The summed E-state index contributed by atoms with van der Waals surface area (Å²) in [5.41, 5.74) is 1.56. The van der Waals surface area contributed by atoms with Crippen LogP contribution in [0.1, 0.15) is 15.9 Å². The highest BCUT2D eigenvalue weighted by molar-refractivity contribution is 5.94. The van der Waals surface area contributed by atoms with Gasteiger partial charge in [-0.25, -0.2) is 0 Å². The summed E-state index contributed by atoms with van der Waals surface area (Å²) >= 11 is 0. The normalized spacial score (nSPS) is 22.8. The van der Waals surface area contributed by atoms with Gasteiger partial charge in [-0.2, -0.15) is 0 Å². The molecule has 25 heavy (non-hydrogen) atoms. The van der Waals surface area contributed by atoms with Gasteiger partial charge in [0.2, 0.25) is 5.91 Å². The van der Waals surface area contributed by atoms with Crippen LogP contribution in [0.15, 0.2) is 49.1 Å². The van der Waals surface area contributed by atoms with Crippen molar-refractivity contribution >= 4 is 11.8 Å². The molecule has 0 spiro atoms. The second-order valence-electron chi connectivity index (χ2n) is 6.25. The van der Waals surface area contributed by atoms with Crippen molar-refractivity contribution < 1.29 is 14.3 Å². The van der Waals surface area contributed by atoms with Crippen LogP contribution >= 0.6 is 0 Å². The number of hydrogen-bond donors (Lipinski definition) is 0. The average molecular weight is 338 g/mol. The number of carbonyl (C=O) groups excluding carboxylic acids is 2. The van der Waals surface area contributed by atoms with Gasteiger partial charge in [0, 0.05) is 44.4 Å². The molecular weight excluding hydrogens is 320 g/mol. The molecule has 0 N–H and O–H groups in total. The van der Waals surface area contributed by atoms with E-state index >= 15 is 0 Å². The topological polar surface area (TPSA) is 75.6 Å². The Labute approximate surface area is 145 Å². The van der Waals surface area contributed by atoms with E-state index in [0.29, 0.717) is 25.2 Å². The molecule has 2 amide bonds. The van der Waals surface area contributed by atoms with Crippen molar-refractivity contribution in [3.8, 4) is 0 Å². The third-order valence-electron chi connectivity index (χ3n) is 4.68. The summed E-state index contributed by atoms with van der Waals surface area (Å²) in [5, 5.41) is 0. The van der Waals surface area contributed by atoms with Crippen molar-refractivity contribution in [1.29, 1.82) is 0 Å². The van der Waals surface area contributed by atoms with Crippen molar-refractivity contribution in [2.75, 3.05) is 19.7 Å². The van der Waals surface area contributed by atoms with E-state index in [9.17, 15) is 9.59 Å². The Hall–Kier alpha value is -2.80. The number of aromatic nitrogens is 2. The third-order valence-corrected chi connectivity index (χ3v) is 4.68. The molecule has 2 aromatic rings. The average Bonchev–Trinajstić information content (AvgIpc) is 3.10. The maximum Gasteiger partial charge on any atom is 0.255 e. The second-order valence-corrected chi connectivity index (χ2v) is 6.25. The summed E-state index contributed by atoms with van der Waals surface area (Å²) in [6, 6.07) is 7.15. The lowest BCUT2D eigenvalue weighted by Gasteiger charge is -2.36. The smallest absolute Gasteiger partial charge is 0.255 e. The summed E-state index contributed by atoms with van der Waals surface area (Å²) in [6.07, 6.45) is 6.47. The van der Waals surface area contributed by atoms with Crippen LogP contribution in [0.2, 0.25) is 0 Å². The number of hydrogen-bond acceptors (Lipinski definition) is 5. The van der Waals surface area contributed by atoms with E-state index in [2.05, 4.69) is 9.97 Å². The molecule has 2 aromatic heterocycles. The van der Waals surface area contributed by atoms with Crippen LogP contribution in [-0.4, -0.2) is 63.4 Å². The molecule has 7 heteroatoms. The van der Waals surface area contributed by atoms with Crippen molar-refractivity contribution in [3.05, 3.63) is 60.2 Å². The van der Waals surface area contributed by atoms with Crippen LogP contribution in [0.3, 0.4) is 0 Å². The van der Waals surface area contributed by atoms with Crippen LogP contribution in [0, 0.1) is 0 Å². The number of nitrogens with zero attached hydrogens (tertiary/aromatic N) is 4. The zero-order valence-corrected chi connectivity index (χ0v) is 13.6. The van der Waals surface area contributed by atoms with Crippen LogP contribution in [-0.2, 0) is 16.1 Å². The molecule has 2 saturated heterocycles. The molecule has 4 heterocycles. The molecule has 2 aliphatic heterocycles. The fraction of sp³-hybridized carbons (Fsp3) is 0.333. The summed E-state index contributed by atoms with van der Waals surface area (Å²) < 4.78 is 5.69. The quantitative estimate of drug-likeness (QED) is 0.825. The van der Waals surface area contributed by atoms with Crippen LogP contribution in [0.25, 0.3) is 0 Å². The number of amides is 2. The number of rotatable bonds is 3. The largest absolute Gasteiger partial charge is 0.364 e. The lowest BCUT2D eigenvalue weighted by atomic mass is 10.1. The van der Waals surface area contributed by atoms with Gasteiger partial charge in [0.25, 0.3) is 5.91 Å². The molecule has 4 rings (SSSR count). The van der Waals surface area contributed by atoms with Crippen LogP contribution < -0.4 is 0 Å². The van der Waals surface area contributed by atoms with Crippen molar-refractivity contribution in [1.82, 2.24) is 19.8 Å². The highest BCUT2D eigenvalue weighted by atomic mass is 16.5. The molecule has 2 atom stereocenters. The molecule has 0 bridgehead atoms. The predicted octanol–water partition coefficient (Wildman–Crippen LogP) is 0.729. The Balaban J connectivity index is 1.52. The lowest BCUT2D eigenvalue weighted by molar-refractivity contribution is -0.153. The summed E-state index contributed by atoms with van der Waals surface area (Å²) in [5.74, 6) is -0.129. The van der Waals surface area contributed by atoms with Gasteiger partial charge >= 0.3 is 0 Å². The minimum atomic E-state index is -0.153. The Kier molecular flexibility index (Phi) is 4.15. The van der Waals surface area contributed by atoms with Crippen molar-refractivity contribution in [2.45, 2.75) is 18.7 Å². The highest BCUT2D eigenvalue weighted by Crippen LogP contribution is 2.26. The lowest BCUT2D eigenvalue weighted by Crippen LogP contribution is -2.53. The van der Waals surface area contributed by atoms with Crippen molar-refractivity contribution in [3.63, 3.8) is 0 Å². The minimum Gasteiger partial charge on any atom is -0.364 e. The summed E-state index contributed by atoms with van der Waals surface area (Å²) in [4.78, 5) is 36.6. The molecule has 2 aliphatic rings. The van der Waals surface area contributed by atoms with E-state index in [1.165, 1.54) is 0 Å².